The van der Waals surface area contributed by atoms with Gasteiger partial charge < -0.3 is 5.23 Å². The van der Waals surface area contributed by atoms with Crippen LogP contribution >= 0.6 is 11.5 Å². The molecule has 0 aliphatic heterocycles. The Bertz CT molecular complexity index is 537. The minimum Gasteiger partial charge on any atom is -0.411 e. The molecular formula is C13H10BClN2. The van der Waals surface area contributed by atoms with E-state index in [2.05, 4.69) is 11.3 Å². The van der Waals surface area contributed by atoms with Crippen LogP contribution in [0.1, 0.15) is 5.56 Å². The van der Waals surface area contributed by atoms with Crippen molar-refractivity contribution in [3.05, 3.63) is 60.2 Å². The molecule has 17 heavy (non-hydrogen) atoms. The van der Waals surface area contributed by atoms with E-state index in [9.17, 15) is 0 Å². The molecular weight excluding hydrogens is 230 g/mol. The number of nitrogens with one attached hydrogen (secondary N) is 1. The molecule has 0 saturated carbocycles. The van der Waals surface area contributed by atoms with E-state index in [1.54, 1.807) is 12.1 Å². The Morgan fingerprint density at radius 3 is 2.53 bits per heavy atom. The first-order chi connectivity index (χ1) is 8.29. The van der Waals surface area contributed by atoms with Crippen molar-refractivity contribution >= 4 is 28.9 Å². The highest BCUT2D eigenvalue weighted by atomic mass is 35.5. The molecule has 2 rings (SSSR count). The summed E-state index contributed by atoms with van der Waals surface area (Å²) in [7, 11) is 0. The molecule has 0 fully saturated rings. The number of rotatable bonds is 3. The maximum atomic E-state index is 8.82. The van der Waals surface area contributed by atoms with Gasteiger partial charge in [-0.15, -0.1) is 0 Å². The number of para-hydroxylation sites is 1. The molecule has 4 heteroatoms. The summed E-state index contributed by atoms with van der Waals surface area (Å²) in [6.07, 6.45) is -0.342. The van der Waals surface area contributed by atoms with E-state index in [1.165, 1.54) is 0 Å². The van der Waals surface area contributed by atoms with E-state index >= 15 is 0 Å². The second kappa shape index (κ2) is 5.42. The van der Waals surface area contributed by atoms with Crippen LogP contribution < -0.4 is 10.7 Å². The molecule has 0 amide bonds. The first-order valence-electron chi connectivity index (χ1n) is 5.25. The first kappa shape index (κ1) is 11.6. The summed E-state index contributed by atoms with van der Waals surface area (Å²) in [5, 5.41) is 12.0. The maximum absolute atomic E-state index is 8.82. The van der Waals surface area contributed by atoms with Crippen molar-refractivity contribution < 1.29 is 0 Å². The average Bonchev–Trinajstić information content (AvgIpc) is 2.40. The normalized spacial score (nSPS) is 9.41. The molecule has 0 radical (unpaired) electrons. The third-order valence-electron chi connectivity index (χ3n) is 2.38. The molecule has 82 valence electrons. The van der Waals surface area contributed by atoms with Crippen LogP contribution in [0, 0.1) is 11.3 Å². The molecule has 0 aliphatic rings. The summed E-state index contributed by atoms with van der Waals surface area (Å²) in [5.41, 5.74) is 2.45. The maximum Gasteiger partial charge on any atom is 0.392 e. The second-order valence-corrected chi connectivity index (χ2v) is 4.05. The number of anilines is 1. The zero-order valence-corrected chi connectivity index (χ0v) is 9.85. The molecule has 0 heterocycles. The Morgan fingerprint density at radius 1 is 1.06 bits per heavy atom. The van der Waals surface area contributed by atoms with Crippen molar-refractivity contribution in [3.8, 4) is 6.07 Å². The van der Waals surface area contributed by atoms with Crippen LogP contribution in [0.4, 0.5) is 5.69 Å². The van der Waals surface area contributed by atoms with Gasteiger partial charge in [0.2, 0.25) is 0 Å². The van der Waals surface area contributed by atoms with Crippen molar-refractivity contribution in [3.63, 3.8) is 0 Å². The third kappa shape index (κ3) is 3.02. The fourth-order valence-electron chi connectivity index (χ4n) is 1.53. The summed E-state index contributed by atoms with van der Waals surface area (Å²) < 4.78 is 0. The van der Waals surface area contributed by atoms with Gasteiger partial charge in [0.1, 0.15) is 0 Å². The zero-order chi connectivity index (χ0) is 12.1. The molecule has 0 bridgehead atoms. The van der Waals surface area contributed by atoms with Crippen LogP contribution in [0.25, 0.3) is 0 Å². The molecule has 0 atom stereocenters. The highest BCUT2D eigenvalue weighted by Crippen LogP contribution is 2.07. The van der Waals surface area contributed by atoms with Crippen molar-refractivity contribution in [1.29, 1.82) is 5.26 Å². The van der Waals surface area contributed by atoms with Crippen LogP contribution in [0.5, 0.6) is 0 Å². The number of hydrogen-bond acceptors (Lipinski definition) is 2. The van der Waals surface area contributed by atoms with Crippen LogP contribution in [0.15, 0.2) is 54.6 Å². The second-order valence-electron chi connectivity index (χ2n) is 3.61. The number of nitriles is 1. The Morgan fingerprint density at radius 2 is 1.82 bits per heavy atom. The predicted octanol–water partition coefficient (Wildman–Crippen LogP) is 2.60. The van der Waals surface area contributed by atoms with Gasteiger partial charge in [-0.25, -0.2) is 0 Å². The van der Waals surface area contributed by atoms with Crippen LogP contribution in [0.3, 0.4) is 0 Å². The summed E-state index contributed by atoms with van der Waals surface area (Å²) in [6.45, 7) is 0. The predicted molar refractivity (Wildman–Crippen MR) is 72.5 cm³/mol. The SMILES string of the molecule is N#Cc1cccc(B(Cl)Nc2ccccc2)c1. The van der Waals surface area contributed by atoms with Crippen molar-refractivity contribution in [2.24, 2.45) is 0 Å². The third-order valence-corrected chi connectivity index (χ3v) is 2.74. The molecule has 2 nitrogen and oxygen atoms in total. The van der Waals surface area contributed by atoms with Gasteiger partial charge >= 0.3 is 6.26 Å². The van der Waals surface area contributed by atoms with Crippen LogP contribution in [-0.4, -0.2) is 6.26 Å². The van der Waals surface area contributed by atoms with E-state index < -0.39 is 0 Å². The Balaban J connectivity index is 2.15. The highest BCUT2D eigenvalue weighted by Gasteiger charge is 2.14. The lowest BCUT2D eigenvalue weighted by atomic mass is 9.80. The summed E-state index contributed by atoms with van der Waals surface area (Å²) in [5.74, 6) is 0. The number of nitrogens with zero attached hydrogens (tertiary/aromatic N) is 1. The van der Waals surface area contributed by atoms with Crippen molar-refractivity contribution in [2.45, 2.75) is 0 Å². The molecule has 2 aromatic rings. The van der Waals surface area contributed by atoms with Gasteiger partial charge in [-0.1, -0.05) is 30.3 Å². The lowest BCUT2D eigenvalue weighted by molar-refractivity contribution is 1.49. The number of halogens is 1. The molecule has 0 saturated heterocycles. The first-order valence-corrected chi connectivity index (χ1v) is 5.69. The van der Waals surface area contributed by atoms with Crippen molar-refractivity contribution in [2.75, 3.05) is 5.23 Å². The van der Waals surface area contributed by atoms with Gasteiger partial charge in [0, 0.05) is 5.69 Å². The van der Waals surface area contributed by atoms with Gasteiger partial charge in [-0.2, -0.15) is 16.7 Å². The standard InChI is InChI=1S/C13H10BClN2/c15-14(17-13-7-2-1-3-8-13)12-6-4-5-11(9-12)10-16/h1-9,17H. The molecule has 0 spiro atoms. The number of hydrogen-bond donors (Lipinski definition) is 1. The Labute approximate surface area is 106 Å². The van der Waals surface area contributed by atoms with E-state index in [-0.39, 0.29) is 6.26 Å². The minimum atomic E-state index is -0.342. The van der Waals surface area contributed by atoms with Gasteiger partial charge in [0.15, 0.2) is 0 Å². The smallest absolute Gasteiger partial charge is 0.392 e. The molecule has 0 unspecified atom stereocenters. The Hall–Kier alpha value is -1.92. The van der Waals surface area contributed by atoms with Gasteiger partial charge in [0.05, 0.1) is 11.6 Å². The van der Waals surface area contributed by atoms with E-state index in [1.807, 2.05) is 42.5 Å². The fourth-order valence-corrected chi connectivity index (χ4v) is 1.79. The highest BCUT2D eigenvalue weighted by molar-refractivity contribution is 7.15. The summed E-state index contributed by atoms with van der Waals surface area (Å²) in [4.78, 5) is 0. The van der Waals surface area contributed by atoms with Gasteiger partial charge in [0.25, 0.3) is 0 Å². The molecule has 0 aliphatic carbocycles. The lowest BCUT2D eigenvalue weighted by Crippen LogP contribution is -2.33. The minimum absolute atomic E-state index is 0.342. The fraction of sp³-hybridized carbons (Fsp3) is 0. The summed E-state index contributed by atoms with van der Waals surface area (Å²) in [6, 6.07) is 19.1. The van der Waals surface area contributed by atoms with E-state index in [0.717, 1.165) is 11.2 Å². The largest absolute Gasteiger partial charge is 0.411 e. The molecule has 2 aromatic carbocycles. The van der Waals surface area contributed by atoms with E-state index in [4.69, 9.17) is 16.7 Å². The van der Waals surface area contributed by atoms with Gasteiger partial charge in [-0.3, -0.25) is 0 Å². The monoisotopic (exact) mass is 240 g/mol. The molecule has 1 N–H and O–H groups in total. The summed E-state index contributed by atoms with van der Waals surface area (Å²) >= 11 is 6.25. The topological polar surface area (TPSA) is 35.8 Å². The zero-order valence-electron chi connectivity index (χ0n) is 9.10. The van der Waals surface area contributed by atoms with Gasteiger partial charge in [-0.05, 0) is 29.7 Å². The Kier molecular flexibility index (Phi) is 3.69. The van der Waals surface area contributed by atoms with E-state index in [0.29, 0.717) is 5.56 Å². The lowest BCUT2D eigenvalue weighted by Gasteiger charge is -2.10. The van der Waals surface area contributed by atoms with Crippen molar-refractivity contribution in [1.82, 2.24) is 0 Å². The quantitative estimate of drug-likeness (QED) is 0.837. The number of benzene rings is 2. The average molecular weight is 241 g/mol. The van der Waals surface area contributed by atoms with Crippen LogP contribution in [0.2, 0.25) is 0 Å². The molecule has 0 aromatic heterocycles. The van der Waals surface area contributed by atoms with Crippen LogP contribution in [-0.2, 0) is 0 Å².